The Balaban J connectivity index is 1.54. The molecule has 0 N–H and O–H groups in total. The van der Waals surface area contributed by atoms with Gasteiger partial charge in [0.05, 0.1) is 10.7 Å². The Morgan fingerprint density at radius 2 is 2.04 bits per heavy atom. The smallest absolute Gasteiger partial charge is 0.255 e. The number of pyridine rings is 1. The van der Waals surface area contributed by atoms with E-state index in [1.54, 1.807) is 18.3 Å². The molecule has 1 aromatic carbocycles. The van der Waals surface area contributed by atoms with Crippen molar-refractivity contribution in [1.29, 1.82) is 0 Å². The van der Waals surface area contributed by atoms with Crippen molar-refractivity contribution in [2.75, 3.05) is 6.61 Å². The van der Waals surface area contributed by atoms with Gasteiger partial charge in [0.25, 0.3) is 5.88 Å². The molecule has 1 saturated heterocycles. The van der Waals surface area contributed by atoms with E-state index in [9.17, 15) is 4.39 Å². The molecule has 0 bridgehead atoms. The topological polar surface area (TPSA) is 49.2 Å². The zero-order valence-electron chi connectivity index (χ0n) is 13.9. The van der Waals surface area contributed by atoms with Crippen LogP contribution in [0.4, 0.5) is 4.39 Å². The molecule has 2 aromatic heterocycles. The molecule has 7 heteroatoms. The predicted molar refractivity (Wildman–Crippen MR) is 95.8 cm³/mol. The Morgan fingerprint density at radius 3 is 2.77 bits per heavy atom. The molecule has 1 unspecified atom stereocenters. The van der Waals surface area contributed by atoms with Gasteiger partial charge in [0, 0.05) is 24.6 Å². The summed E-state index contributed by atoms with van der Waals surface area (Å²) in [5.41, 5.74) is 1.95. The second-order valence-electron chi connectivity index (χ2n) is 6.05. The highest BCUT2D eigenvalue weighted by Gasteiger charge is 2.19. The van der Waals surface area contributed by atoms with Crippen molar-refractivity contribution in [3.8, 4) is 22.9 Å². The normalized spacial score (nSPS) is 17.2. The van der Waals surface area contributed by atoms with Gasteiger partial charge in [-0.3, -0.25) is 0 Å². The van der Waals surface area contributed by atoms with Crippen molar-refractivity contribution in [3.05, 3.63) is 59.6 Å². The van der Waals surface area contributed by atoms with Gasteiger partial charge >= 0.3 is 0 Å². The van der Waals surface area contributed by atoms with Crippen molar-refractivity contribution < 1.29 is 13.9 Å². The molecule has 0 amide bonds. The van der Waals surface area contributed by atoms with Crippen LogP contribution in [0.25, 0.3) is 11.3 Å². The second-order valence-corrected chi connectivity index (χ2v) is 6.49. The average Bonchev–Trinajstić information content (AvgIpc) is 3.15. The minimum absolute atomic E-state index is 0.0305. The van der Waals surface area contributed by atoms with Gasteiger partial charge in [0.15, 0.2) is 12.0 Å². The Bertz CT molecular complexity index is 892. The van der Waals surface area contributed by atoms with E-state index >= 15 is 0 Å². The van der Waals surface area contributed by atoms with E-state index in [1.807, 2.05) is 22.9 Å². The van der Waals surface area contributed by atoms with Crippen molar-refractivity contribution in [2.24, 2.45) is 0 Å². The van der Waals surface area contributed by atoms with Crippen molar-refractivity contribution in [3.63, 3.8) is 0 Å². The Hall–Kier alpha value is -2.44. The molecular weight excluding hydrogens is 357 g/mol. The summed E-state index contributed by atoms with van der Waals surface area (Å²) in [7, 11) is 0. The molecular formula is C19H17ClFN3O2. The third-order valence-corrected chi connectivity index (χ3v) is 4.44. The molecule has 0 spiro atoms. The van der Waals surface area contributed by atoms with Crippen LogP contribution in [0.1, 0.15) is 25.5 Å². The lowest BCUT2D eigenvalue weighted by molar-refractivity contribution is -0.0383. The van der Waals surface area contributed by atoms with Crippen molar-refractivity contribution >= 4 is 11.6 Å². The number of hydrogen-bond acceptors (Lipinski definition) is 4. The lowest BCUT2D eigenvalue weighted by Gasteiger charge is -2.24. The van der Waals surface area contributed by atoms with E-state index in [0.29, 0.717) is 5.75 Å². The minimum Gasteiger partial charge on any atom is -0.436 e. The Morgan fingerprint density at radius 1 is 1.19 bits per heavy atom. The molecule has 3 aromatic rings. The van der Waals surface area contributed by atoms with Crippen LogP contribution in [0.5, 0.6) is 11.6 Å². The maximum absolute atomic E-state index is 13.8. The lowest BCUT2D eigenvalue weighted by atomic mass is 10.1. The molecule has 5 nitrogen and oxygen atoms in total. The zero-order valence-corrected chi connectivity index (χ0v) is 14.7. The first-order valence-corrected chi connectivity index (χ1v) is 8.83. The van der Waals surface area contributed by atoms with E-state index in [-0.39, 0.29) is 17.1 Å². The number of nitrogens with zero attached hydrogens (tertiary/aromatic N) is 3. The average molecular weight is 374 g/mol. The molecule has 3 heterocycles. The fraction of sp³-hybridized carbons (Fsp3) is 0.263. The summed E-state index contributed by atoms with van der Waals surface area (Å²) in [4.78, 5) is 3.86. The summed E-state index contributed by atoms with van der Waals surface area (Å²) >= 11 is 5.70. The van der Waals surface area contributed by atoms with Crippen LogP contribution in [0, 0.1) is 5.82 Å². The van der Waals surface area contributed by atoms with Crippen LogP contribution in [-0.4, -0.2) is 21.4 Å². The van der Waals surface area contributed by atoms with Crippen LogP contribution in [0.3, 0.4) is 0 Å². The first kappa shape index (κ1) is 17.0. The van der Waals surface area contributed by atoms with Gasteiger partial charge < -0.3 is 9.47 Å². The highest BCUT2D eigenvalue weighted by molar-refractivity contribution is 6.30. The molecule has 1 aliphatic heterocycles. The summed E-state index contributed by atoms with van der Waals surface area (Å²) < 4.78 is 27.0. The number of rotatable bonds is 4. The maximum Gasteiger partial charge on any atom is 0.255 e. The fourth-order valence-electron chi connectivity index (χ4n) is 2.97. The van der Waals surface area contributed by atoms with Gasteiger partial charge in [-0.2, -0.15) is 5.10 Å². The first-order valence-electron chi connectivity index (χ1n) is 8.45. The van der Waals surface area contributed by atoms with Gasteiger partial charge in [0.2, 0.25) is 0 Å². The van der Waals surface area contributed by atoms with E-state index < -0.39 is 5.82 Å². The van der Waals surface area contributed by atoms with Crippen LogP contribution < -0.4 is 4.74 Å². The van der Waals surface area contributed by atoms with Crippen molar-refractivity contribution in [1.82, 2.24) is 14.8 Å². The summed E-state index contributed by atoms with van der Waals surface area (Å²) in [5.74, 6) is -0.223. The monoisotopic (exact) mass is 373 g/mol. The Labute approximate surface area is 155 Å². The zero-order chi connectivity index (χ0) is 17.9. The van der Waals surface area contributed by atoms with E-state index in [0.717, 1.165) is 37.1 Å². The number of ether oxygens (including phenoxy) is 2. The third kappa shape index (κ3) is 3.57. The molecule has 1 fully saturated rings. The standard InChI is InChI=1S/C19H17ClFN3O2/c20-14-11-16(21)19(22-12-14)26-15-6-4-13(5-7-15)17-8-9-23-24(17)18-3-1-2-10-25-18/h4-9,11-12,18H,1-3,10H2. The molecule has 0 saturated carbocycles. The second kappa shape index (κ2) is 7.43. The molecule has 0 radical (unpaired) electrons. The van der Waals surface area contributed by atoms with E-state index in [1.165, 1.54) is 12.3 Å². The van der Waals surface area contributed by atoms with Gasteiger partial charge in [-0.25, -0.2) is 14.1 Å². The van der Waals surface area contributed by atoms with Crippen LogP contribution >= 0.6 is 11.6 Å². The maximum atomic E-state index is 13.8. The summed E-state index contributed by atoms with van der Waals surface area (Å²) in [6.45, 7) is 0.760. The highest BCUT2D eigenvalue weighted by Crippen LogP contribution is 2.30. The quantitative estimate of drug-likeness (QED) is 0.628. The first-order chi connectivity index (χ1) is 12.7. The fourth-order valence-corrected chi connectivity index (χ4v) is 3.12. The molecule has 26 heavy (non-hydrogen) atoms. The van der Waals surface area contributed by atoms with Crippen molar-refractivity contribution in [2.45, 2.75) is 25.5 Å². The minimum atomic E-state index is -0.603. The SMILES string of the molecule is Fc1cc(Cl)cnc1Oc1ccc(-c2ccnn2C2CCCCO2)cc1. The number of halogens is 2. The summed E-state index contributed by atoms with van der Waals surface area (Å²) in [6.07, 6.45) is 6.27. The van der Waals surface area contributed by atoms with Crippen LogP contribution in [0.15, 0.2) is 48.8 Å². The van der Waals surface area contributed by atoms with Crippen LogP contribution in [0.2, 0.25) is 5.02 Å². The third-order valence-electron chi connectivity index (χ3n) is 4.24. The predicted octanol–water partition coefficient (Wildman–Crippen LogP) is 5.23. The molecule has 1 aliphatic rings. The van der Waals surface area contributed by atoms with Gasteiger partial charge in [-0.05, 0) is 55.7 Å². The lowest BCUT2D eigenvalue weighted by Crippen LogP contribution is -2.19. The van der Waals surface area contributed by atoms with Crippen LogP contribution in [-0.2, 0) is 4.74 Å². The van der Waals surface area contributed by atoms with Gasteiger partial charge in [0.1, 0.15) is 5.75 Å². The van der Waals surface area contributed by atoms with E-state index in [4.69, 9.17) is 21.1 Å². The van der Waals surface area contributed by atoms with Gasteiger partial charge in [-0.1, -0.05) is 11.6 Å². The van der Waals surface area contributed by atoms with Gasteiger partial charge in [-0.15, -0.1) is 0 Å². The number of hydrogen-bond donors (Lipinski definition) is 0. The number of aromatic nitrogens is 3. The highest BCUT2D eigenvalue weighted by atomic mass is 35.5. The van der Waals surface area contributed by atoms with E-state index in [2.05, 4.69) is 10.1 Å². The molecule has 1 atom stereocenters. The molecule has 4 rings (SSSR count). The largest absolute Gasteiger partial charge is 0.436 e. The number of benzene rings is 1. The Kier molecular flexibility index (Phi) is 4.86. The summed E-state index contributed by atoms with van der Waals surface area (Å²) in [6, 6.07) is 10.5. The molecule has 0 aliphatic carbocycles. The molecule has 134 valence electrons. The summed E-state index contributed by atoms with van der Waals surface area (Å²) in [5, 5.41) is 4.64.